The maximum Gasteiger partial charge on any atom is 0.323 e. The average molecular weight is 331 g/mol. The minimum absolute atomic E-state index is 0.00375. The van der Waals surface area contributed by atoms with Gasteiger partial charge in [-0.25, -0.2) is 0 Å². The lowest BCUT2D eigenvalue weighted by molar-refractivity contribution is -0.152. The first kappa shape index (κ1) is 21.3. The van der Waals surface area contributed by atoms with Crippen LogP contribution in [0.5, 0.6) is 0 Å². The van der Waals surface area contributed by atoms with Gasteiger partial charge in [-0.05, 0) is 45.1 Å². The van der Waals surface area contributed by atoms with Crippen molar-refractivity contribution in [1.82, 2.24) is 5.32 Å². The van der Waals surface area contributed by atoms with Crippen molar-refractivity contribution in [3.8, 4) is 0 Å². The molecule has 2 radical (unpaired) electrons. The van der Waals surface area contributed by atoms with Crippen molar-refractivity contribution in [3.05, 3.63) is 0 Å². The molecular weight excluding hydrogens is 301 g/mol. The van der Waals surface area contributed by atoms with Crippen LogP contribution in [0.2, 0.25) is 0 Å². The van der Waals surface area contributed by atoms with E-state index in [0.717, 1.165) is 12.2 Å². The van der Waals surface area contributed by atoms with Gasteiger partial charge in [-0.2, -0.15) is 0 Å². The Balaban J connectivity index is 4.35. The molecule has 0 aliphatic carbocycles. The second-order valence-electron chi connectivity index (χ2n) is 5.65. The van der Waals surface area contributed by atoms with E-state index in [1.165, 1.54) is 0 Å². The summed E-state index contributed by atoms with van der Waals surface area (Å²) in [5.74, 6) is 0.219. The van der Waals surface area contributed by atoms with Gasteiger partial charge in [-0.15, -0.1) is 0 Å². The highest BCUT2D eigenvalue weighted by Crippen LogP contribution is 2.43. The highest BCUT2D eigenvalue weighted by molar-refractivity contribution is 8.33. The molecule has 0 aliphatic rings. The summed E-state index contributed by atoms with van der Waals surface area (Å²) in [6, 6.07) is -0.646. The third-order valence-electron chi connectivity index (χ3n) is 3.49. The number of ether oxygens (including phenoxy) is 2. The number of carbonyl (C=O) groups is 2. The molecule has 22 heavy (non-hydrogen) atoms. The molecule has 0 saturated heterocycles. The first-order chi connectivity index (χ1) is 10.2. The van der Waals surface area contributed by atoms with Crippen LogP contribution in [0, 0.1) is 0 Å². The van der Waals surface area contributed by atoms with E-state index in [2.05, 4.69) is 17.8 Å². The van der Waals surface area contributed by atoms with E-state index in [0.29, 0.717) is 19.8 Å². The summed E-state index contributed by atoms with van der Waals surface area (Å²) in [7, 11) is 5.15. The predicted octanol–water partition coefficient (Wildman–Crippen LogP) is 1.43. The zero-order valence-electron chi connectivity index (χ0n) is 14.5. The minimum Gasteiger partial charge on any atom is -0.466 e. The smallest absolute Gasteiger partial charge is 0.323 e. The Morgan fingerprint density at radius 1 is 1.18 bits per heavy atom. The molecule has 0 spiro atoms. The maximum atomic E-state index is 11.9. The SMILES string of the molecule is [B]C(C)S(C)(C)CCCNC(CC(=O)OCC)C(=O)OCC. The van der Waals surface area contributed by atoms with Crippen LogP contribution in [0.3, 0.4) is 0 Å². The number of esters is 2. The summed E-state index contributed by atoms with van der Waals surface area (Å²) in [5.41, 5.74) is 0. The number of nitrogens with one attached hydrogen (secondary N) is 1. The fraction of sp³-hybridized carbons (Fsp3) is 0.867. The van der Waals surface area contributed by atoms with Crippen molar-refractivity contribution in [2.24, 2.45) is 0 Å². The van der Waals surface area contributed by atoms with E-state index in [1.54, 1.807) is 13.8 Å². The fourth-order valence-corrected chi connectivity index (χ4v) is 3.03. The Morgan fingerprint density at radius 2 is 1.77 bits per heavy atom. The van der Waals surface area contributed by atoms with Gasteiger partial charge in [-0.1, -0.05) is 12.1 Å². The Hall–Kier alpha value is -0.685. The maximum absolute atomic E-state index is 11.9. The summed E-state index contributed by atoms with van der Waals surface area (Å²) < 4.78 is 9.89. The Bertz CT molecular complexity index is 350. The van der Waals surface area contributed by atoms with E-state index >= 15 is 0 Å². The van der Waals surface area contributed by atoms with E-state index in [4.69, 9.17) is 17.3 Å². The summed E-state index contributed by atoms with van der Waals surface area (Å²) in [6.45, 7) is 6.76. The van der Waals surface area contributed by atoms with Gasteiger partial charge in [0, 0.05) is 0 Å². The van der Waals surface area contributed by atoms with Gasteiger partial charge in [0.25, 0.3) is 0 Å². The molecule has 0 aromatic rings. The Morgan fingerprint density at radius 3 is 2.27 bits per heavy atom. The van der Waals surface area contributed by atoms with Crippen molar-refractivity contribution in [3.63, 3.8) is 0 Å². The monoisotopic (exact) mass is 331 g/mol. The Kier molecular flexibility index (Phi) is 10.6. The zero-order valence-corrected chi connectivity index (χ0v) is 15.3. The van der Waals surface area contributed by atoms with Gasteiger partial charge < -0.3 is 14.8 Å². The van der Waals surface area contributed by atoms with Crippen LogP contribution in [0.1, 0.15) is 33.6 Å². The lowest BCUT2D eigenvalue weighted by atomic mass is 10.1. The van der Waals surface area contributed by atoms with Gasteiger partial charge in [0.15, 0.2) is 0 Å². The molecule has 1 N–H and O–H groups in total. The van der Waals surface area contributed by atoms with Crippen LogP contribution < -0.4 is 5.32 Å². The molecule has 7 heteroatoms. The van der Waals surface area contributed by atoms with E-state index in [1.807, 2.05) is 6.92 Å². The fourth-order valence-electron chi connectivity index (χ4n) is 1.77. The third kappa shape index (κ3) is 8.68. The topological polar surface area (TPSA) is 64.6 Å². The normalized spacial score (nSPS) is 15.0. The lowest BCUT2D eigenvalue weighted by Crippen LogP contribution is -2.41. The molecule has 0 aromatic heterocycles. The second-order valence-corrected chi connectivity index (χ2v) is 10.1. The van der Waals surface area contributed by atoms with Crippen molar-refractivity contribution >= 4 is 29.8 Å². The molecule has 0 aliphatic heterocycles. The number of carbonyl (C=O) groups excluding carboxylic acids is 2. The molecule has 2 unspecified atom stereocenters. The van der Waals surface area contributed by atoms with Gasteiger partial charge >= 0.3 is 11.9 Å². The number of hydrogen-bond donors (Lipinski definition) is 1. The number of rotatable bonds is 11. The largest absolute Gasteiger partial charge is 0.466 e. The van der Waals surface area contributed by atoms with Crippen LogP contribution in [0.15, 0.2) is 0 Å². The molecule has 0 aromatic carbocycles. The Labute approximate surface area is 137 Å². The van der Waals surface area contributed by atoms with E-state index in [-0.39, 0.29) is 11.6 Å². The summed E-state index contributed by atoms with van der Waals surface area (Å²) in [5, 5.41) is 3.29. The van der Waals surface area contributed by atoms with Crippen molar-refractivity contribution in [1.29, 1.82) is 0 Å². The number of hydrogen-bond acceptors (Lipinski definition) is 5. The van der Waals surface area contributed by atoms with Crippen molar-refractivity contribution < 1.29 is 19.1 Å². The standard InChI is InChI=1S/C15H30BNO4S/c1-6-20-14(18)11-13(15(19)21-7-2)17-9-8-10-22(4,5)12(3)16/h12-13,17H,6-11H2,1-5H3. The first-order valence-corrected chi connectivity index (χ1v) is 10.4. The van der Waals surface area contributed by atoms with Gasteiger partial charge in [0.05, 0.1) is 27.5 Å². The van der Waals surface area contributed by atoms with Crippen molar-refractivity contribution in [2.45, 2.75) is 44.8 Å². The highest BCUT2D eigenvalue weighted by Gasteiger charge is 2.23. The minimum atomic E-state index is -0.828. The third-order valence-corrected chi connectivity index (χ3v) is 6.85. The predicted molar refractivity (Wildman–Crippen MR) is 93.8 cm³/mol. The van der Waals surface area contributed by atoms with Gasteiger partial charge in [-0.3, -0.25) is 19.6 Å². The van der Waals surface area contributed by atoms with Gasteiger partial charge in [0.1, 0.15) is 6.04 Å². The summed E-state index contributed by atoms with van der Waals surface area (Å²) in [4.78, 5) is 23.4. The second kappa shape index (κ2) is 10.9. The average Bonchev–Trinajstić information content (AvgIpc) is 2.42. The summed E-state index contributed by atoms with van der Waals surface area (Å²) in [6.07, 6.45) is 5.32. The molecular formula is C15H30BNO4S. The molecule has 0 saturated carbocycles. The van der Waals surface area contributed by atoms with Crippen molar-refractivity contribution in [2.75, 3.05) is 38.0 Å². The molecule has 0 fully saturated rings. The molecule has 0 bridgehead atoms. The van der Waals surface area contributed by atoms with Crippen LogP contribution >= 0.6 is 10.0 Å². The zero-order chi connectivity index (χ0) is 17.2. The van der Waals surface area contributed by atoms with Crippen LogP contribution in [0.4, 0.5) is 0 Å². The molecule has 0 heterocycles. The van der Waals surface area contributed by atoms with Crippen LogP contribution in [0.25, 0.3) is 0 Å². The summed E-state index contributed by atoms with van der Waals surface area (Å²) >= 11 is 0. The lowest BCUT2D eigenvalue weighted by Gasteiger charge is -2.36. The molecule has 0 amide bonds. The van der Waals surface area contributed by atoms with E-state index < -0.39 is 28.0 Å². The van der Waals surface area contributed by atoms with Crippen LogP contribution in [-0.2, 0) is 19.1 Å². The first-order valence-electron chi connectivity index (χ1n) is 7.75. The van der Waals surface area contributed by atoms with Gasteiger partial charge in [0.2, 0.25) is 0 Å². The molecule has 0 rings (SSSR count). The quantitative estimate of drug-likeness (QED) is 0.352. The van der Waals surface area contributed by atoms with Crippen LogP contribution in [-0.4, -0.2) is 69.0 Å². The highest BCUT2D eigenvalue weighted by atomic mass is 32.3. The van der Waals surface area contributed by atoms with E-state index in [9.17, 15) is 9.59 Å². The molecule has 2 atom stereocenters. The molecule has 5 nitrogen and oxygen atoms in total. The molecule has 128 valence electrons.